The average molecular weight is 396 g/mol. The van der Waals surface area contributed by atoms with E-state index in [0.29, 0.717) is 26.3 Å². The molecule has 0 aromatic heterocycles. The molecule has 0 aliphatic heterocycles. The minimum atomic E-state index is -0.404. The molecule has 27 heavy (non-hydrogen) atoms. The van der Waals surface area contributed by atoms with Crippen LogP contribution in [0.2, 0.25) is 0 Å². The fraction of sp³-hybridized carbons (Fsp3) is 0.368. The number of rotatable bonds is 11. The van der Waals surface area contributed by atoms with Gasteiger partial charge in [0.2, 0.25) is 0 Å². The van der Waals surface area contributed by atoms with Crippen LogP contribution in [0.1, 0.15) is 19.4 Å². The molecule has 2 aromatic rings. The normalized spacial score (nSPS) is 10.0. The van der Waals surface area contributed by atoms with Gasteiger partial charge in [0.15, 0.2) is 11.5 Å². The van der Waals surface area contributed by atoms with Crippen molar-refractivity contribution in [3.8, 4) is 11.5 Å². The zero-order valence-corrected chi connectivity index (χ0v) is 16.4. The Labute approximate surface area is 165 Å². The molecule has 2 rings (SSSR count). The van der Waals surface area contributed by atoms with E-state index in [4.69, 9.17) is 9.47 Å². The number of nitrogens with one attached hydrogen (secondary N) is 2. The van der Waals surface area contributed by atoms with Crippen molar-refractivity contribution in [2.24, 2.45) is 0 Å². The number of nitro benzene ring substituents is 1. The summed E-state index contributed by atoms with van der Waals surface area (Å²) in [4.78, 5) is 10.2. The van der Waals surface area contributed by atoms with E-state index in [1.807, 2.05) is 32.0 Å². The molecule has 7 nitrogen and oxygen atoms in total. The zero-order valence-electron chi connectivity index (χ0n) is 15.6. The number of benzene rings is 2. The lowest BCUT2D eigenvalue weighted by Gasteiger charge is -2.13. The van der Waals surface area contributed by atoms with E-state index in [-0.39, 0.29) is 18.1 Å². The van der Waals surface area contributed by atoms with Gasteiger partial charge in [-0.1, -0.05) is 6.07 Å². The maximum absolute atomic E-state index is 10.6. The summed E-state index contributed by atoms with van der Waals surface area (Å²) < 4.78 is 11.2. The van der Waals surface area contributed by atoms with Crippen LogP contribution in [0.3, 0.4) is 0 Å². The monoisotopic (exact) mass is 395 g/mol. The second-order valence-electron chi connectivity index (χ2n) is 5.55. The molecule has 0 radical (unpaired) electrons. The maximum atomic E-state index is 10.6. The van der Waals surface area contributed by atoms with Crippen LogP contribution in [0.5, 0.6) is 11.5 Å². The minimum Gasteiger partial charge on any atom is -0.490 e. The smallest absolute Gasteiger partial charge is 0.269 e. The summed E-state index contributed by atoms with van der Waals surface area (Å²) in [5.74, 6) is 1.52. The summed E-state index contributed by atoms with van der Waals surface area (Å²) in [5, 5.41) is 17.2. The summed E-state index contributed by atoms with van der Waals surface area (Å²) in [7, 11) is 0. The van der Waals surface area contributed by atoms with Crippen molar-refractivity contribution in [2.45, 2.75) is 20.4 Å². The molecular formula is C19H26ClN3O4. The summed E-state index contributed by atoms with van der Waals surface area (Å²) >= 11 is 0. The number of non-ortho nitro benzene ring substituents is 1. The Kier molecular flexibility index (Phi) is 10.00. The van der Waals surface area contributed by atoms with Crippen molar-refractivity contribution in [1.82, 2.24) is 5.32 Å². The Balaban J connectivity index is 0.00000364. The highest BCUT2D eigenvalue weighted by Crippen LogP contribution is 2.28. The van der Waals surface area contributed by atoms with E-state index in [1.54, 1.807) is 12.1 Å². The third-order valence-electron chi connectivity index (χ3n) is 3.65. The molecule has 0 fully saturated rings. The Morgan fingerprint density at radius 3 is 2.26 bits per heavy atom. The van der Waals surface area contributed by atoms with Gasteiger partial charge >= 0.3 is 0 Å². The van der Waals surface area contributed by atoms with Crippen LogP contribution in [-0.2, 0) is 6.54 Å². The van der Waals surface area contributed by atoms with Gasteiger partial charge < -0.3 is 20.1 Å². The molecule has 0 spiro atoms. The fourth-order valence-corrected chi connectivity index (χ4v) is 2.43. The lowest BCUT2D eigenvalue weighted by atomic mass is 10.2. The first kappa shape index (κ1) is 22.5. The quantitative estimate of drug-likeness (QED) is 0.339. The van der Waals surface area contributed by atoms with Gasteiger partial charge in [-0.15, -0.1) is 12.4 Å². The molecule has 0 saturated carbocycles. The highest BCUT2D eigenvalue weighted by atomic mass is 35.5. The first-order valence-corrected chi connectivity index (χ1v) is 8.71. The third-order valence-corrected chi connectivity index (χ3v) is 3.65. The Morgan fingerprint density at radius 2 is 1.63 bits per heavy atom. The number of nitrogens with zero attached hydrogens (tertiary/aromatic N) is 1. The van der Waals surface area contributed by atoms with Crippen LogP contribution in [0.25, 0.3) is 0 Å². The molecule has 148 valence electrons. The van der Waals surface area contributed by atoms with Crippen LogP contribution in [0, 0.1) is 10.1 Å². The van der Waals surface area contributed by atoms with Gasteiger partial charge in [0.05, 0.1) is 18.1 Å². The molecule has 2 aromatic carbocycles. The second kappa shape index (κ2) is 12.0. The molecule has 0 amide bonds. The summed E-state index contributed by atoms with van der Waals surface area (Å²) in [6.07, 6.45) is 0. The van der Waals surface area contributed by atoms with Gasteiger partial charge in [-0.3, -0.25) is 10.1 Å². The standard InChI is InChI=1S/C19H25N3O4.ClH/c1-3-25-18-10-5-15(13-19(18)26-4-2)14-20-11-12-21-16-6-8-17(9-7-16)22(23)24;/h5-10,13,20-21H,3-4,11-12,14H2,1-2H3;1H. The van der Waals surface area contributed by atoms with E-state index in [2.05, 4.69) is 10.6 Å². The van der Waals surface area contributed by atoms with Crippen LogP contribution >= 0.6 is 12.4 Å². The topological polar surface area (TPSA) is 85.7 Å². The number of hydrogen-bond donors (Lipinski definition) is 2. The van der Waals surface area contributed by atoms with Crippen molar-refractivity contribution in [2.75, 3.05) is 31.6 Å². The van der Waals surface area contributed by atoms with Crippen molar-refractivity contribution < 1.29 is 14.4 Å². The fourth-order valence-electron chi connectivity index (χ4n) is 2.43. The van der Waals surface area contributed by atoms with Crippen LogP contribution in [0.15, 0.2) is 42.5 Å². The third kappa shape index (κ3) is 7.32. The summed E-state index contributed by atoms with van der Waals surface area (Å²) in [6, 6.07) is 12.3. The molecule has 0 unspecified atom stereocenters. The minimum absolute atomic E-state index is 0. The molecule has 8 heteroatoms. The predicted octanol–water partition coefficient (Wildman–Crippen LogP) is 4.02. The second-order valence-corrected chi connectivity index (χ2v) is 5.55. The lowest BCUT2D eigenvalue weighted by Crippen LogP contribution is -2.21. The van der Waals surface area contributed by atoms with Crippen LogP contribution in [0.4, 0.5) is 11.4 Å². The van der Waals surface area contributed by atoms with E-state index in [0.717, 1.165) is 29.3 Å². The van der Waals surface area contributed by atoms with Crippen LogP contribution < -0.4 is 20.1 Å². The molecule has 0 saturated heterocycles. The molecule has 0 aliphatic rings. The number of hydrogen-bond acceptors (Lipinski definition) is 6. The Bertz CT molecular complexity index is 711. The van der Waals surface area contributed by atoms with Crippen LogP contribution in [-0.4, -0.2) is 31.2 Å². The molecular weight excluding hydrogens is 370 g/mol. The largest absolute Gasteiger partial charge is 0.490 e. The maximum Gasteiger partial charge on any atom is 0.269 e. The Morgan fingerprint density at radius 1 is 0.963 bits per heavy atom. The molecule has 0 atom stereocenters. The molecule has 0 bridgehead atoms. The molecule has 0 heterocycles. The predicted molar refractivity (Wildman–Crippen MR) is 109 cm³/mol. The van der Waals surface area contributed by atoms with E-state index < -0.39 is 4.92 Å². The first-order valence-electron chi connectivity index (χ1n) is 8.71. The highest BCUT2D eigenvalue weighted by Gasteiger charge is 2.06. The highest BCUT2D eigenvalue weighted by molar-refractivity contribution is 5.85. The molecule has 2 N–H and O–H groups in total. The number of ether oxygens (including phenoxy) is 2. The number of nitro groups is 1. The Hall–Kier alpha value is -2.51. The van der Waals surface area contributed by atoms with Crippen molar-refractivity contribution in [3.63, 3.8) is 0 Å². The van der Waals surface area contributed by atoms with Gasteiger partial charge in [-0.05, 0) is 43.7 Å². The van der Waals surface area contributed by atoms with Gasteiger partial charge in [0, 0.05) is 37.5 Å². The van der Waals surface area contributed by atoms with E-state index in [9.17, 15) is 10.1 Å². The van der Waals surface area contributed by atoms with Crippen molar-refractivity contribution in [1.29, 1.82) is 0 Å². The summed E-state index contributed by atoms with van der Waals surface area (Å²) in [6.45, 7) is 7.28. The summed E-state index contributed by atoms with van der Waals surface area (Å²) in [5.41, 5.74) is 2.07. The zero-order chi connectivity index (χ0) is 18.8. The van der Waals surface area contributed by atoms with Crippen molar-refractivity contribution in [3.05, 3.63) is 58.1 Å². The van der Waals surface area contributed by atoms with Gasteiger partial charge in [-0.2, -0.15) is 0 Å². The van der Waals surface area contributed by atoms with Crippen molar-refractivity contribution >= 4 is 23.8 Å². The lowest BCUT2D eigenvalue weighted by molar-refractivity contribution is -0.384. The SMILES string of the molecule is CCOc1ccc(CNCCNc2ccc([N+](=O)[O-])cc2)cc1OCC.Cl. The van der Waals surface area contributed by atoms with Gasteiger partial charge in [0.25, 0.3) is 5.69 Å². The van der Waals surface area contributed by atoms with E-state index >= 15 is 0 Å². The molecule has 0 aliphatic carbocycles. The number of anilines is 1. The van der Waals surface area contributed by atoms with Gasteiger partial charge in [0.1, 0.15) is 0 Å². The first-order chi connectivity index (χ1) is 12.6. The van der Waals surface area contributed by atoms with E-state index in [1.165, 1.54) is 12.1 Å². The van der Waals surface area contributed by atoms with Gasteiger partial charge in [-0.25, -0.2) is 0 Å². The average Bonchev–Trinajstić information content (AvgIpc) is 2.64. The number of halogens is 1.